The number of hydrogen-bond acceptors (Lipinski definition) is 4. The minimum Gasteiger partial charge on any atom is -0.469 e. The van der Waals surface area contributed by atoms with Crippen molar-refractivity contribution < 1.29 is 9.53 Å². The van der Waals surface area contributed by atoms with Gasteiger partial charge in [0.1, 0.15) is 0 Å². The van der Waals surface area contributed by atoms with Crippen molar-refractivity contribution in [2.75, 3.05) is 40.8 Å². The number of nitrogens with zero attached hydrogens (tertiary/aromatic N) is 1. The first kappa shape index (κ1) is 15.4. The molecule has 0 aromatic rings. The molecular formula is C12H26N2O2. The van der Waals surface area contributed by atoms with Crippen LogP contribution in [0.1, 0.15) is 20.8 Å². The molecule has 16 heavy (non-hydrogen) atoms. The van der Waals surface area contributed by atoms with Crippen LogP contribution in [0.2, 0.25) is 0 Å². The highest BCUT2D eigenvalue weighted by Gasteiger charge is 2.19. The lowest BCUT2D eigenvalue weighted by atomic mass is 9.93. The Labute approximate surface area is 99.3 Å². The van der Waals surface area contributed by atoms with Crippen LogP contribution in [0, 0.1) is 11.3 Å². The molecule has 0 spiro atoms. The number of methoxy groups -OCH3 is 1. The number of rotatable bonds is 7. The van der Waals surface area contributed by atoms with Gasteiger partial charge in [0.05, 0.1) is 13.0 Å². The fourth-order valence-corrected chi connectivity index (χ4v) is 1.82. The van der Waals surface area contributed by atoms with Crippen LogP contribution in [0.4, 0.5) is 0 Å². The zero-order chi connectivity index (χ0) is 12.8. The Hall–Kier alpha value is -0.610. The summed E-state index contributed by atoms with van der Waals surface area (Å²) in [6.45, 7) is 8.88. The van der Waals surface area contributed by atoms with E-state index in [1.165, 1.54) is 7.11 Å². The van der Waals surface area contributed by atoms with Gasteiger partial charge in [0.25, 0.3) is 0 Å². The maximum absolute atomic E-state index is 11.2. The summed E-state index contributed by atoms with van der Waals surface area (Å²) in [5.41, 5.74) is 0.208. The van der Waals surface area contributed by atoms with Crippen LogP contribution in [0.3, 0.4) is 0 Å². The molecule has 4 heteroatoms. The van der Waals surface area contributed by atoms with E-state index in [1.807, 2.05) is 6.92 Å². The molecule has 0 saturated heterocycles. The number of nitrogens with one attached hydrogen (secondary N) is 1. The number of ether oxygens (including phenoxy) is 1. The number of esters is 1. The van der Waals surface area contributed by atoms with Gasteiger partial charge in [-0.05, 0) is 19.5 Å². The lowest BCUT2D eigenvalue weighted by Crippen LogP contribution is -2.39. The van der Waals surface area contributed by atoms with Gasteiger partial charge in [-0.25, -0.2) is 0 Å². The monoisotopic (exact) mass is 230 g/mol. The van der Waals surface area contributed by atoms with Gasteiger partial charge in [-0.15, -0.1) is 0 Å². The molecule has 0 aliphatic heterocycles. The van der Waals surface area contributed by atoms with Crippen molar-refractivity contribution in [1.82, 2.24) is 10.2 Å². The molecule has 0 aliphatic carbocycles. The number of carbonyl (C=O) groups excluding carboxylic acids is 1. The van der Waals surface area contributed by atoms with Crippen LogP contribution in [-0.2, 0) is 9.53 Å². The molecule has 0 amide bonds. The first-order valence-electron chi connectivity index (χ1n) is 5.72. The Kier molecular flexibility index (Phi) is 6.60. The predicted octanol–water partition coefficient (Wildman–Crippen LogP) is 0.973. The van der Waals surface area contributed by atoms with Crippen molar-refractivity contribution in [2.45, 2.75) is 20.8 Å². The summed E-state index contributed by atoms with van der Waals surface area (Å²) in [7, 11) is 5.56. The third-order valence-electron chi connectivity index (χ3n) is 2.40. The SMILES string of the molecule is COC(=O)C(C)CNCC(C)(C)CN(C)C. The first-order valence-corrected chi connectivity index (χ1v) is 5.72. The summed E-state index contributed by atoms with van der Waals surface area (Å²) in [5, 5.41) is 3.32. The van der Waals surface area contributed by atoms with Crippen molar-refractivity contribution in [1.29, 1.82) is 0 Å². The fourth-order valence-electron chi connectivity index (χ4n) is 1.82. The van der Waals surface area contributed by atoms with Crippen LogP contribution < -0.4 is 5.32 Å². The summed E-state index contributed by atoms with van der Waals surface area (Å²) in [6.07, 6.45) is 0. The molecule has 96 valence electrons. The number of carbonyl (C=O) groups is 1. The number of hydrogen-bond donors (Lipinski definition) is 1. The van der Waals surface area contributed by atoms with Crippen LogP contribution in [0.25, 0.3) is 0 Å². The summed E-state index contributed by atoms with van der Waals surface area (Å²) in [5.74, 6) is -0.238. The Morgan fingerprint density at radius 1 is 1.44 bits per heavy atom. The van der Waals surface area contributed by atoms with Crippen LogP contribution in [0.15, 0.2) is 0 Å². The molecule has 0 heterocycles. The van der Waals surface area contributed by atoms with Crippen molar-refractivity contribution in [3.05, 3.63) is 0 Å². The second-order valence-corrected chi connectivity index (χ2v) is 5.46. The standard InChI is InChI=1S/C12H26N2O2/c1-10(11(15)16-6)7-13-8-12(2,3)9-14(4)5/h10,13H,7-9H2,1-6H3. The molecule has 0 bridgehead atoms. The highest BCUT2D eigenvalue weighted by atomic mass is 16.5. The summed E-state index contributed by atoms with van der Waals surface area (Å²) >= 11 is 0. The molecule has 0 fully saturated rings. The van der Waals surface area contributed by atoms with E-state index in [1.54, 1.807) is 0 Å². The Balaban J connectivity index is 3.84. The van der Waals surface area contributed by atoms with Gasteiger partial charge in [0.2, 0.25) is 0 Å². The Bertz CT molecular complexity index is 215. The minimum absolute atomic E-state index is 0.0832. The third-order valence-corrected chi connectivity index (χ3v) is 2.40. The molecule has 1 N–H and O–H groups in total. The van der Waals surface area contributed by atoms with Gasteiger partial charge in [0, 0.05) is 19.6 Å². The minimum atomic E-state index is -0.155. The fraction of sp³-hybridized carbons (Fsp3) is 0.917. The molecule has 0 aromatic heterocycles. The van der Waals surface area contributed by atoms with Gasteiger partial charge >= 0.3 is 5.97 Å². The lowest BCUT2D eigenvalue weighted by molar-refractivity contribution is -0.144. The lowest BCUT2D eigenvalue weighted by Gasteiger charge is -2.29. The maximum atomic E-state index is 11.2. The molecule has 4 nitrogen and oxygen atoms in total. The first-order chi connectivity index (χ1) is 7.28. The summed E-state index contributed by atoms with van der Waals surface area (Å²) in [4.78, 5) is 13.3. The van der Waals surface area contributed by atoms with E-state index >= 15 is 0 Å². The van der Waals surface area contributed by atoms with E-state index in [-0.39, 0.29) is 17.3 Å². The zero-order valence-electron chi connectivity index (χ0n) is 11.5. The average molecular weight is 230 g/mol. The predicted molar refractivity (Wildman–Crippen MR) is 66.4 cm³/mol. The van der Waals surface area contributed by atoms with E-state index in [9.17, 15) is 4.79 Å². The molecular weight excluding hydrogens is 204 g/mol. The average Bonchev–Trinajstić information content (AvgIpc) is 2.13. The smallest absolute Gasteiger partial charge is 0.309 e. The van der Waals surface area contributed by atoms with Gasteiger partial charge in [0.15, 0.2) is 0 Å². The highest BCUT2D eigenvalue weighted by molar-refractivity contribution is 5.71. The second-order valence-electron chi connectivity index (χ2n) is 5.46. The van der Waals surface area contributed by atoms with Gasteiger partial charge in [-0.1, -0.05) is 20.8 Å². The molecule has 0 rings (SSSR count). The van der Waals surface area contributed by atoms with Crippen molar-refractivity contribution in [2.24, 2.45) is 11.3 Å². The highest BCUT2D eigenvalue weighted by Crippen LogP contribution is 2.14. The van der Waals surface area contributed by atoms with E-state index in [0.717, 1.165) is 13.1 Å². The van der Waals surface area contributed by atoms with E-state index in [0.29, 0.717) is 6.54 Å². The molecule has 0 aliphatic rings. The van der Waals surface area contributed by atoms with Gasteiger partial charge < -0.3 is 15.0 Å². The Morgan fingerprint density at radius 3 is 2.44 bits per heavy atom. The Morgan fingerprint density at radius 2 is 2.00 bits per heavy atom. The third kappa shape index (κ3) is 6.80. The molecule has 0 aromatic carbocycles. The molecule has 0 radical (unpaired) electrons. The summed E-state index contributed by atoms with van der Waals surface area (Å²) in [6, 6.07) is 0. The topological polar surface area (TPSA) is 41.6 Å². The second kappa shape index (κ2) is 6.86. The van der Waals surface area contributed by atoms with Crippen LogP contribution in [0.5, 0.6) is 0 Å². The zero-order valence-corrected chi connectivity index (χ0v) is 11.5. The molecule has 1 unspecified atom stereocenters. The van der Waals surface area contributed by atoms with Crippen LogP contribution >= 0.6 is 0 Å². The quantitative estimate of drug-likeness (QED) is 0.662. The van der Waals surface area contributed by atoms with E-state index in [4.69, 9.17) is 0 Å². The molecule has 1 atom stereocenters. The van der Waals surface area contributed by atoms with Crippen LogP contribution in [-0.4, -0.2) is 51.7 Å². The van der Waals surface area contributed by atoms with E-state index in [2.05, 4.69) is 42.9 Å². The van der Waals surface area contributed by atoms with Crippen molar-refractivity contribution >= 4 is 5.97 Å². The van der Waals surface area contributed by atoms with Crippen molar-refractivity contribution in [3.63, 3.8) is 0 Å². The van der Waals surface area contributed by atoms with Gasteiger partial charge in [-0.2, -0.15) is 0 Å². The molecule has 0 saturated carbocycles. The summed E-state index contributed by atoms with van der Waals surface area (Å²) < 4.78 is 4.67. The van der Waals surface area contributed by atoms with Crippen molar-refractivity contribution in [3.8, 4) is 0 Å². The normalized spacial score (nSPS) is 13.9. The van der Waals surface area contributed by atoms with E-state index < -0.39 is 0 Å². The largest absolute Gasteiger partial charge is 0.469 e. The maximum Gasteiger partial charge on any atom is 0.309 e. The van der Waals surface area contributed by atoms with Gasteiger partial charge in [-0.3, -0.25) is 4.79 Å².